The number of nitrogens with zero attached hydrogens (tertiary/aromatic N) is 2. The number of methoxy groups -OCH3 is 1. The van der Waals surface area contributed by atoms with Crippen LogP contribution in [0.15, 0.2) is 36.7 Å². The number of ether oxygens (including phenoxy) is 1. The topological polar surface area (TPSA) is 61.2 Å². The first-order valence-electron chi connectivity index (χ1n) is 5.79. The molecule has 0 spiro atoms. The minimum atomic E-state index is -0.284. The number of rotatable bonds is 5. The summed E-state index contributed by atoms with van der Waals surface area (Å²) < 4.78 is 6.61. The van der Waals surface area contributed by atoms with Gasteiger partial charge < -0.3 is 9.30 Å². The Morgan fingerprint density at radius 1 is 1.21 bits per heavy atom. The number of imidazole rings is 1. The van der Waals surface area contributed by atoms with Gasteiger partial charge in [-0.05, 0) is 24.3 Å². The number of benzene rings is 1. The molecular weight excluding hydrogens is 244 g/mol. The first-order valence-corrected chi connectivity index (χ1v) is 5.79. The van der Waals surface area contributed by atoms with Gasteiger partial charge in [0.1, 0.15) is 5.75 Å². The van der Waals surface area contributed by atoms with Crippen molar-refractivity contribution in [1.29, 1.82) is 0 Å². The molecular formula is C14H14N2O3. The van der Waals surface area contributed by atoms with Crippen LogP contribution in [0.5, 0.6) is 5.75 Å². The van der Waals surface area contributed by atoms with Gasteiger partial charge in [-0.25, -0.2) is 4.98 Å². The highest BCUT2D eigenvalue weighted by Crippen LogP contribution is 2.13. The molecule has 0 unspecified atom stereocenters. The van der Waals surface area contributed by atoms with Crippen molar-refractivity contribution >= 4 is 11.6 Å². The van der Waals surface area contributed by atoms with Gasteiger partial charge in [0.05, 0.1) is 13.5 Å². The van der Waals surface area contributed by atoms with E-state index in [1.165, 1.54) is 6.20 Å². The highest BCUT2D eigenvalue weighted by atomic mass is 16.5. The summed E-state index contributed by atoms with van der Waals surface area (Å²) in [4.78, 5) is 27.8. The van der Waals surface area contributed by atoms with Crippen molar-refractivity contribution in [3.63, 3.8) is 0 Å². The number of aryl methyl sites for hydroxylation is 1. The van der Waals surface area contributed by atoms with E-state index in [2.05, 4.69) is 4.98 Å². The molecule has 0 radical (unpaired) electrons. The van der Waals surface area contributed by atoms with Gasteiger partial charge in [0.15, 0.2) is 11.6 Å². The molecule has 1 aromatic heterocycles. The van der Waals surface area contributed by atoms with Gasteiger partial charge >= 0.3 is 0 Å². The van der Waals surface area contributed by atoms with E-state index in [0.29, 0.717) is 17.1 Å². The third kappa shape index (κ3) is 2.88. The van der Waals surface area contributed by atoms with Gasteiger partial charge in [-0.1, -0.05) is 0 Å². The maximum atomic E-state index is 12.0. The Hall–Kier alpha value is -2.43. The molecule has 0 atom stereocenters. The zero-order valence-electron chi connectivity index (χ0n) is 10.8. The molecule has 98 valence electrons. The molecule has 0 aliphatic carbocycles. The monoisotopic (exact) mass is 258 g/mol. The Morgan fingerprint density at radius 2 is 1.89 bits per heavy atom. The zero-order chi connectivity index (χ0) is 13.8. The van der Waals surface area contributed by atoms with Crippen LogP contribution in [0.25, 0.3) is 0 Å². The lowest BCUT2D eigenvalue weighted by molar-refractivity contribution is 0.0886. The molecule has 19 heavy (non-hydrogen) atoms. The van der Waals surface area contributed by atoms with Crippen LogP contribution in [0.1, 0.15) is 27.4 Å². The summed E-state index contributed by atoms with van der Waals surface area (Å²) in [5.41, 5.74) is 0.489. The van der Waals surface area contributed by atoms with Crippen LogP contribution < -0.4 is 4.74 Å². The van der Waals surface area contributed by atoms with E-state index in [-0.39, 0.29) is 18.0 Å². The molecule has 0 fully saturated rings. The van der Waals surface area contributed by atoms with Gasteiger partial charge in [0, 0.05) is 25.0 Å². The van der Waals surface area contributed by atoms with Gasteiger partial charge in [-0.2, -0.15) is 0 Å². The second kappa shape index (κ2) is 5.48. The Kier molecular flexibility index (Phi) is 3.75. The summed E-state index contributed by atoms with van der Waals surface area (Å²) >= 11 is 0. The van der Waals surface area contributed by atoms with E-state index < -0.39 is 0 Å². The van der Waals surface area contributed by atoms with Crippen LogP contribution in [0, 0.1) is 0 Å². The minimum Gasteiger partial charge on any atom is -0.497 e. The molecule has 0 bridgehead atoms. The Morgan fingerprint density at radius 3 is 2.42 bits per heavy atom. The fourth-order valence-corrected chi connectivity index (χ4v) is 1.74. The van der Waals surface area contributed by atoms with Crippen molar-refractivity contribution in [2.24, 2.45) is 7.05 Å². The molecule has 0 N–H and O–H groups in total. The SMILES string of the molecule is COc1ccc(C(=O)CC(=O)c2nccn2C)cc1. The summed E-state index contributed by atoms with van der Waals surface area (Å²) in [7, 11) is 3.28. The van der Waals surface area contributed by atoms with E-state index in [9.17, 15) is 9.59 Å². The molecule has 0 aliphatic rings. The largest absolute Gasteiger partial charge is 0.497 e. The average Bonchev–Trinajstić information content (AvgIpc) is 2.85. The molecule has 5 nitrogen and oxygen atoms in total. The van der Waals surface area contributed by atoms with Gasteiger partial charge in [0.2, 0.25) is 5.78 Å². The van der Waals surface area contributed by atoms with Gasteiger partial charge in [0.25, 0.3) is 0 Å². The molecule has 0 aliphatic heterocycles. The van der Waals surface area contributed by atoms with E-state index in [1.807, 2.05) is 0 Å². The van der Waals surface area contributed by atoms with E-state index in [0.717, 1.165) is 0 Å². The highest BCUT2D eigenvalue weighted by Gasteiger charge is 2.16. The summed E-state index contributed by atoms with van der Waals surface area (Å²) in [6.45, 7) is 0. The maximum absolute atomic E-state index is 12.0. The van der Waals surface area contributed by atoms with Crippen LogP contribution in [-0.4, -0.2) is 28.2 Å². The highest BCUT2D eigenvalue weighted by molar-refractivity contribution is 6.12. The third-order valence-electron chi connectivity index (χ3n) is 2.80. The van der Waals surface area contributed by atoms with Gasteiger partial charge in [-0.15, -0.1) is 0 Å². The standard InChI is InChI=1S/C14H14N2O3/c1-16-8-7-15-14(16)13(18)9-12(17)10-3-5-11(19-2)6-4-10/h3-8H,9H2,1-2H3. The summed E-state index contributed by atoms with van der Waals surface area (Å²) in [6.07, 6.45) is 3.02. The van der Waals surface area contributed by atoms with Crippen LogP contribution in [0.4, 0.5) is 0 Å². The molecule has 5 heteroatoms. The molecule has 0 amide bonds. The minimum absolute atomic E-state index is 0.183. The molecule has 2 rings (SSSR count). The zero-order valence-corrected chi connectivity index (χ0v) is 10.8. The number of hydrogen-bond donors (Lipinski definition) is 0. The lowest BCUT2D eigenvalue weighted by Gasteiger charge is -2.03. The molecule has 1 aromatic carbocycles. The number of carbonyl (C=O) groups excluding carboxylic acids is 2. The van der Waals surface area contributed by atoms with E-state index in [4.69, 9.17) is 4.74 Å². The van der Waals surface area contributed by atoms with E-state index in [1.54, 1.807) is 49.2 Å². The van der Waals surface area contributed by atoms with Crippen LogP contribution in [0.3, 0.4) is 0 Å². The maximum Gasteiger partial charge on any atom is 0.205 e. The average molecular weight is 258 g/mol. The summed E-state index contributed by atoms with van der Waals surface area (Å²) in [5, 5.41) is 0. The summed E-state index contributed by atoms with van der Waals surface area (Å²) in [6, 6.07) is 6.68. The predicted molar refractivity (Wildman–Crippen MR) is 69.5 cm³/mol. The van der Waals surface area contributed by atoms with Crippen molar-refractivity contribution < 1.29 is 14.3 Å². The number of ketones is 2. The van der Waals surface area contributed by atoms with Crippen LogP contribution in [0.2, 0.25) is 0 Å². The first kappa shape index (κ1) is 13.0. The second-order valence-corrected chi connectivity index (χ2v) is 4.11. The smallest absolute Gasteiger partial charge is 0.205 e. The Labute approximate surface area is 110 Å². The van der Waals surface area contributed by atoms with Crippen molar-refractivity contribution in [3.05, 3.63) is 48.0 Å². The van der Waals surface area contributed by atoms with Crippen molar-refractivity contribution in [3.8, 4) is 5.75 Å². The quantitative estimate of drug-likeness (QED) is 0.607. The Balaban J connectivity index is 2.08. The Bertz CT molecular complexity index is 599. The number of Topliss-reactive ketones (excluding diaryl/α,β-unsaturated/α-hetero) is 2. The number of aromatic nitrogens is 2. The fourth-order valence-electron chi connectivity index (χ4n) is 1.74. The van der Waals surface area contributed by atoms with Crippen LogP contribution in [-0.2, 0) is 7.05 Å². The molecule has 0 saturated heterocycles. The second-order valence-electron chi connectivity index (χ2n) is 4.11. The van der Waals surface area contributed by atoms with Crippen molar-refractivity contribution in [2.75, 3.05) is 7.11 Å². The van der Waals surface area contributed by atoms with Crippen molar-refractivity contribution in [1.82, 2.24) is 9.55 Å². The van der Waals surface area contributed by atoms with Gasteiger partial charge in [-0.3, -0.25) is 9.59 Å². The lowest BCUT2D eigenvalue weighted by Crippen LogP contribution is -2.12. The van der Waals surface area contributed by atoms with Crippen LogP contribution >= 0.6 is 0 Å². The van der Waals surface area contributed by atoms with E-state index >= 15 is 0 Å². The first-order chi connectivity index (χ1) is 9.11. The molecule has 1 heterocycles. The fraction of sp³-hybridized carbons (Fsp3) is 0.214. The summed E-state index contributed by atoms with van der Waals surface area (Å²) in [5.74, 6) is 0.456. The predicted octanol–water partition coefficient (Wildman–Crippen LogP) is 1.88. The number of carbonyl (C=O) groups is 2. The molecule has 0 saturated carbocycles. The normalized spacial score (nSPS) is 10.2. The van der Waals surface area contributed by atoms with Crippen molar-refractivity contribution in [2.45, 2.75) is 6.42 Å². The number of hydrogen-bond acceptors (Lipinski definition) is 4. The third-order valence-corrected chi connectivity index (χ3v) is 2.80. The lowest BCUT2D eigenvalue weighted by atomic mass is 10.1. The molecule has 2 aromatic rings.